The molecule has 2 rings (SSSR count). The maximum Gasteiger partial charge on any atom is 0.00796 e. The lowest BCUT2D eigenvalue weighted by Gasteiger charge is -2.23. The number of rotatable bonds is 5. The van der Waals surface area contributed by atoms with Gasteiger partial charge in [-0.25, -0.2) is 0 Å². The Morgan fingerprint density at radius 2 is 1.70 bits per heavy atom. The minimum atomic E-state index is 0.224. The second-order valence-corrected chi connectivity index (χ2v) is 7.82. The molecule has 112 valence electrons. The predicted octanol–water partition coefficient (Wildman–Crippen LogP) is 4.66. The Kier molecular flexibility index (Phi) is 4.59. The zero-order valence-electron chi connectivity index (χ0n) is 13.9. The van der Waals surface area contributed by atoms with Crippen LogP contribution in [-0.2, 0) is 11.8 Å². The first-order valence-electron chi connectivity index (χ1n) is 8.13. The Labute approximate surface area is 125 Å². The molecule has 1 nitrogen and oxygen atoms in total. The second kappa shape index (κ2) is 5.89. The lowest BCUT2D eigenvalue weighted by atomic mass is 9.82. The van der Waals surface area contributed by atoms with E-state index in [0.29, 0.717) is 6.04 Å². The van der Waals surface area contributed by atoms with Gasteiger partial charge in [-0.05, 0) is 66.7 Å². The van der Waals surface area contributed by atoms with Crippen LogP contribution in [0.5, 0.6) is 0 Å². The van der Waals surface area contributed by atoms with E-state index in [0.717, 1.165) is 12.3 Å². The molecule has 1 unspecified atom stereocenters. The largest absolute Gasteiger partial charge is 0.327 e. The van der Waals surface area contributed by atoms with Gasteiger partial charge in [0, 0.05) is 6.04 Å². The Morgan fingerprint density at radius 1 is 1.15 bits per heavy atom. The first kappa shape index (κ1) is 15.6. The average Bonchev–Trinajstić information content (AvgIpc) is 3.13. The molecule has 1 heteroatoms. The number of hydrogen-bond acceptors (Lipinski definition) is 1. The van der Waals surface area contributed by atoms with Crippen molar-refractivity contribution >= 4 is 0 Å². The molecule has 2 N–H and O–H groups in total. The van der Waals surface area contributed by atoms with Crippen LogP contribution in [0.15, 0.2) is 12.1 Å². The van der Waals surface area contributed by atoms with Crippen LogP contribution < -0.4 is 5.73 Å². The molecule has 1 atom stereocenters. The van der Waals surface area contributed by atoms with Crippen molar-refractivity contribution in [1.82, 2.24) is 0 Å². The lowest BCUT2D eigenvalue weighted by Crippen LogP contribution is -2.24. The number of nitrogens with two attached hydrogens (primary N) is 1. The van der Waals surface area contributed by atoms with Crippen LogP contribution in [0.3, 0.4) is 0 Å². The van der Waals surface area contributed by atoms with Gasteiger partial charge in [-0.15, -0.1) is 0 Å². The van der Waals surface area contributed by atoms with Crippen molar-refractivity contribution in [1.29, 1.82) is 0 Å². The van der Waals surface area contributed by atoms with Crippen LogP contribution in [0.1, 0.15) is 68.7 Å². The van der Waals surface area contributed by atoms with Crippen LogP contribution in [0.4, 0.5) is 0 Å². The topological polar surface area (TPSA) is 26.0 Å². The molecule has 0 amide bonds. The van der Waals surface area contributed by atoms with Crippen molar-refractivity contribution in [2.45, 2.75) is 78.2 Å². The maximum absolute atomic E-state index is 6.34. The van der Waals surface area contributed by atoms with Crippen molar-refractivity contribution in [2.24, 2.45) is 11.7 Å². The standard InChI is InChI=1S/C19H31N/c1-13-10-16(19(3,4)5)11-14(2)18(13)12-17(20)9-8-15-6-7-15/h10-11,15,17H,6-9,12,20H2,1-5H3. The molecule has 0 saturated heterocycles. The predicted molar refractivity (Wildman–Crippen MR) is 88.3 cm³/mol. The summed E-state index contributed by atoms with van der Waals surface area (Å²) in [5, 5.41) is 0. The smallest absolute Gasteiger partial charge is 0.00796 e. The van der Waals surface area contributed by atoms with Crippen LogP contribution in [0, 0.1) is 19.8 Å². The summed E-state index contributed by atoms with van der Waals surface area (Å²) in [6.45, 7) is 11.3. The minimum Gasteiger partial charge on any atom is -0.327 e. The molecule has 1 fully saturated rings. The van der Waals surface area contributed by atoms with Crippen LogP contribution >= 0.6 is 0 Å². The van der Waals surface area contributed by atoms with Crippen LogP contribution in [0.25, 0.3) is 0 Å². The first-order valence-corrected chi connectivity index (χ1v) is 8.13. The Balaban J connectivity index is 2.07. The van der Waals surface area contributed by atoms with Crippen LogP contribution in [-0.4, -0.2) is 6.04 Å². The SMILES string of the molecule is Cc1cc(C(C)(C)C)cc(C)c1CC(N)CCC1CC1. The van der Waals surface area contributed by atoms with Crippen molar-refractivity contribution in [3.63, 3.8) is 0 Å². The second-order valence-electron chi connectivity index (χ2n) is 7.82. The summed E-state index contributed by atoms with van der Waals surface area (Å²) >= 11 is 0. The van der Waals surface area contributed by atoms with Gasteiger partial charge in [0.15, 0.2) is 0 Å². The number of benzene rings is 1. The van der Waals surface area contributed by atoms with Gasteiger partial charge in [0.1, 0.15) is 0 Å². The van der Waals surface area contributed by atoms with Gasteiger partial charge in [-0.2, -0.15) is 0 Å². The average molecular weight is 273 g/mol. The normalized spacial score (nSPS) is 17.3. The fourth-order valence-electron chi connectivity index (χ4n) is 2.97. The van der Waals surface area contributed by atoms with E-state index in [-0.39, 0.29) is 5.41 Å². The lowest BCUT2D eigenvalue weighted by molar-refractivity contribution is 0.548. The fraction of sp³-hybridized carbons (Fsp3) is 0.684. The zero-order valence-corrected chi connectivity index (χ0v) is 13.9. The third-order valence-electron chi connectivity index (χ3n) is 4.67. The molecule has 1 aliphatic rings. The monoisotopic (exact) mass is 273 g/mol. The Hall–Kier alpha value is -0.820. The third-order valence-corrected chi connectivity index (χ3v) is 4.67. The highest BCUT2D eigenvalue weighted by Gasteiger charge is 2.22. The molecule has 0 aromatic heterocycles. The molecule has 20 heavy (non-hydrogen) atoms. The van der Waals surface area contributed by atoms with Gasteiger partial charge in [-0.1, -0.05) is 45.7 Å². The summed E-state index contributed by atoms with van der Waals surface area (Å²) in [5.74, 6) is 0.992. The molecule has 1 aliphatic carbocycles. The molecule has 0 radical (unpaired) electrons. The van der Waals surface area contributed by atoms with Gasteiger partial charge in [0.2, 0.25) is 0 Å². The maximum atomic E-state index is 6.34. The number of aryl methyl sites for hydroxylation is 2. The van der Waals surface area contributed by atoms with Gasteiger partial charge in [0.05, 0.1) is 0 Å². The van der Waals surface area contributed by atoms with E-state index in [1.807, 2.05) is 0 Å². The van der Waals surface area contributed by atoms with E-state index in [4.69, 9.17) is 5.73 Å². The molecule has 1 aromatic rings. The first-order chi connectivity index (χ1) is 9.27. The third kappa shape index (κ3) is 4.09. The number of hydrogen-bond donors (Lipinski definition) is 1. The minimum absolute atomic E-state index is 0.224. The Morgan fingerprint density at radius 3 is 2.15 bits per heavy atom. The molecule has 0 aliphatic heterocycles. The van der Waals surface area contributed by atoms with E-state index in [1.165, 1.54) is 47.9 Å². The van der Waals surface area contributed by atoms with Gasteiger partial charge in [0.25, 0.3) is 0 Å². The van der Waals surface area contributed by atoms with Crippen molar-refractivity contribution in [3.8, 4) is 0 Å². The van der Waals surface area contributed by atoms with E-state index < -0.39 is 0 Å². The summed E-state index contributed by atoms with van der Waals surface area (Å²) in [5.41, 5.74) is 12.3. The highest BCUT2D eigenvalue weighted by molar-refractivity contribution is 5.40. The van der Waals surface area contributed by atoms with E-state index >= 15 is 0 Å². The zero-order chi connectivity index (χ0) is 14.9. The van der Waals surface area contributed by atoms with Crippen LogP contribution in [0.2, 0.25) is 0 Å². The van der Waals surface area contributed by atoms with Crippen molar-refractivity contribution < 1.29 is 0 Å². The molecule has 0 heterocycles. The van der Waals surface area contributed by atoms with Crippen molar-refractivity contribution in [3.05, 3.63) is 34.4 Å². The Bertz CT molecular complexity index is 440. The molecular weight excluding hydrogens is 242 g/mol. The molecular formula is C19H31N. The van der Waals surface area contributed by atoms with Gasteiger partial charge >= 0.3 is 0 Å². The van der Waals surface area contributed by atoms with E-state index in [9.17, 15) is 0 Å². The molecule has 1 saturated carbocycles. The summed E-state index contributed by atoms with van der Waals surface area (Å²) in [6, 6.07) is 5.04. The molecule has 0 bridgehead atoms. The highest BCUT2D eigenvalue weighted by Crippen LogP contribution is 2.34. The fourth-order valence-corrected chi connectivity index (χ4v) is 2.97. The quantitative estimate of drug-likeness (QED) is 0.829. The van der Waals surface area contributed by atoms with Crippen molar-refractivity contribution in [2.75, 3.05) is 0 Å². The molecule has 1 aromatic carbocycles. The molecule has 0 spiro atoms. The van der Waals surface area contributed by atoms with E-state index in [2.05, 4.69) is 46.8 Å². The summed E-state index contributed by atoms with van der Waals surface area (Å²) in [7, 11) is 0. The van der Waals surface area contributed by atoms with E-state index in [1.54, 1.807) is 0 Å². The summed E-state index contributed by atoms with van der Waals surface area (Å²) in [4.78, 5) is 0. The van der Waals surface area contributed by atoms with Gasteiger partial charge in [-0.3, -0.25) is 0 Å². The summed E-state index contributed by atoms with van der Waals surface area (Å²) in [6.07, 6.45) is 6.43. The van der Waals surface area contributed by atoms with Gasteiger partial charge < -0.3 is 5.73 Å². The summed E-state index contributed by atoms with van der Waals surface area (Å²) < 4.78 is 0. The highest BCUT2D eigenvalue weighted by atomic mass is 14.6.